The monoisotopic (exact) mass is 875 g/mol. The van der Waals surface area contributed by atoms with Crippen LogP contribution in [0.1, 0.15) is 310 Å². The van der Waals surface area contributed by atoms with Crippen molar-refractivity contribution >= 4 is 17.9 Å². The molecule has 0 aliphatic carbocycles. The first-order valence-corrected chi connectivity index (χ1v) is 27.7. The molecule has 0 saturated carbocycles. The Kier molecular flexibility index (Phi) is 50.2. The molecule has 0 saturated heterocycles. The van der Waals surface area contributed by atoms with Gasteiger partial charge in [-0.05, 0) is 44.9 Å². The Balaban J connectivity index is 4.29. The second-order valence-electron chi connectivity index (χ2n) is 18.9. The summed E-state index contributed by atoms with van der Waals surface area (Å²) in [6.07, 6.45) is 57.7. The van der Waals surface area contributed by atoms with E-state index in [0.717, 1.165) is 64.2 Å². The van der Waals surface area contributed by atoms with E-state index in [4.69, 9.17) is 14.2 Å². The highest BCUT2D eigenvalue weighted by molar-refractivity contribution is 5.71. The van der Waals surface area contributed by atoms with Crippen molar-refractivity contribution in [3.8, 4) is 0 Å². The van der Waals surface area contributed by atoms with Crippen LogP contribution in [0.5, 0.6) is 0 Å². The fourth-order valence-electron chi connectivity index (χ4n) is 8.32. The van der Waals surface area contributed by atoms with E-state index < -0.39 is 6.10 Å². The van der Waals surface area contributed by atoms with Gasteiger partial charge in [0.2, 0.25) is 0 Å². The number of rotatable bonds is 51. The molecular weight excluding hydrogens is 769 g/mol. The molecule has 0 aromatic rings. The molecule has 0 spiro atoms. The van der Waals surface area contributed by atoms with Gasteiger partial charge in [0.1, 0.15) is 13.2 Å². The van der Waals surface area contributed by atoms with Gasteiger partial charge < -0.3 is 14.2 Å². The number of unbranched alkanes of at least 4 members (excludes halogenated alkanes) is 38. The van der Waals surface area contributed by atoms with Crippen LogP contribution in [0.4, 0.5) is 0 Å². The molecule has 0 radical (unpaired) electrons. The molecule has 366 valence electrons. The Morgan fingerprint density at radius 1 is 0.306 bits per heavy atom. The van der Waals surface area contributed by atoms with Crippen molar-refractivity contribution in [2.75, 3.05) is 13.2 Å². The molecule has 1 atom stereocenters. The first-order chi connectivity index (χ1) is 30.5. The van der Waals surface area contributed by atoms with Crippen molar-refractivity contribution in [3.05, 3.63) is 12.2 Å². The van der Waals surface area contributed by atoms with Crippen LogP contribution in [0, 0.1) is 0 Å². The lowest BCUT2D eigenvalue weighted by molar-refractivity contribution is -0.167. The topological polar surface area (TPSA) is 78.9 Å². The Morgan fingerprint density at radius 2 is 0.532 bits per heavy atom. The van der Waals surface area contributed by atoms with Gasteiger partial charge in [0.05, 0.1) is 0 Å². The lowest BCUT2D eigenvalue weighted by Gasteiger charge is -2.18. The smallest absolute Gasteiger partial charge is 0.306 e. The second kappa shape index (κ2) is 51.8. The molecule has 0 rings (SSSR count). The van der Waals surface area contributed by atoms with Crippen LogP contribution in [-0.2, 0) is 28.6 Å². The minimum absolute atomic E-state index is 0.0677. The summed E-state index contributed by atoms with van der Waals surface area (Å²) in [6, 6.07) is 0. The van der Waals surface area contributed by atoms with E-state index in [1.165, 1.54) is 205 Å². The van der Waals surface area contributed by atoms with Crippen LogP contribution >= 0.6 is 0 Å². The number of hydrogen-bond acceptors (Lipinski definition) is 6. The quantitative estimate of drug-likeness (QED) is 0.0262. The summed E-state index contributed by atoms with van der Waals surface area (Å²) in [6.45, 7) is 6.67. The first-order valence-electron chi connectivity index (χ1n) is 27.7. The molecule has 0 aliphatic heterocycles. The predicted molar refractivity (Wildman–Crippen MR) is 266 cm³/mol. The number of ether oxygens (including phenoxy) is 3. The molecule has 6 nitrogen and oxygen atoms in total. The van der Waals surface area contributed by atoms with Crippen molar-refractivity contribution in [2.45, 2.75) is 316 Å². The number of carbonyl (C=O) groups is 3. The molecule has 0 aliphatic rings. The third-order valence-corrected chi connectivity index (χ3v) is 12.5. The molecule has 0 fully saturated rings. The second-order valence-corrected chi connectivity index (χ2v) is 18.9. The summed E-state index contributed by atoms with van der Waals surface area (Å²) in [5, 5.41) is 0. The molecule has 6 heteroatoms. The molecule has 0 unspecified atom stereocenters. The maximum Gasteiger partial charge on any atom is 0.306 e. The van der Waals surface area contributed by atoms with Crippen molar-refractivity contribution < 1.29 is 28.6 Å². The lowest BCUT2D eigenvalue weighted by atomic mass is 10.0. The van der Waals surface area contributed by atoms with Crippen molar-refractivity contribution in [1.29, 1.82) is 0 Å². The summed E-state index contributed by atoms with van der Waals surface area (Å²) in [5.74, 6) is -0.856. The van der Waals surface area contributed by atoms with E-state index >= 15 is 0 Å². The Bertz CT molecular complexity index is 962. The number of hydrogen-bond donors (Lipinski definition) is 0. The maximum atomic E-state index is 12.8. The van der Waals surface area contributed by atoms with Gasteiger partial charge in [0.15, 0.2) is 6.10 Å². The Hall–Kier alpha value is -1.85. The molecule has 0 amide bonds. The standard InChI is InChI=1S/C56H106O6/c1-4-7-10-13-16-19-22-25-27-28-29-30-32-34-37-40-43-46-49-55(58)61-52-53(51-60-54(57)48-45-42-39-36-33-24-21-18-15-12-9-6-3)62-56(59)50-47-44-41-38-35-31-26-23-20-17-14-11-8-5-2/h23,26,53H,4-22,24-25,27-52H2,1-3H3/b26-23-/t53-/m1/s1. The van der Waals surface area contributed by atoms with E-state index in [0.29, 0.717) is 19.3 Å². The van der Waals surface area contributed by atoms with E-state index in [-0.39, 0.29) is 31.1 Å². The summed E-state index contributed by atoms with van der Waals surface area (Å²) < 4.78 is 16.8. The molecule has 62 heavy (non-hydrogen) atoms. The number of allylic oxidation sites excluding steroid dienone is 2. The number of esters is 3. The van der Waals surface area contributed by atoms with Crippen LogP contribution in [-0.4, -0.2) is 37.2 Å². The molecule has 0 bridgehead atoms. The average Bonchev–Trinajstić information content (AvgIpc) is 3.27. The minimum atomic E-state index is -0.767. The molecule has 0 aromatic heterocycles. The number of carbonyl (C=O) groups excluding carboxylic acids is 3. The average molecular weight is 875 g/mol. The van der Waals surface area contributed by atoms with Crippen molar-refractivity contribution in [3.63, 3.8) is 0 Å². The Morgan fingerprint density at radius 3 is 0.806 bits per heavy atom. The summed E-state index contributed by atoms with van der Waals surface area (Å²) in [7, 11) is 0. The van der Waals surface area contributed by atoms with Crippen molar-refractivity contribution in [2.24, 2.45) is 0 Å². The fraction of sp³-hybridized carbons (Fsp3) is 0.911. The third kappa shape index (κ3) is 49.2. The maximum absolute atomic E-state index is 12.8. The zero-order valence-corrected chi connectivity index (χ0v) is 41.9. The van der Waals surface area contributed by atoms with Crippen LogP contribution in [0.25, 0.3) is 0 Å². The SMILES string of the molecule is CCCCCCC/C=C\CCCCCCCC(=O)O[C@H](COC(=O)CCCCCCCCCCCCCC)COC(=O)CCCCCCCCCCCCCCCCCCCC. The van der Waals surface area contributed by atoms with Gasteiger partial charge >= 0.3 is 17.9 Å². The largest absolute Gasteiger partial charge is 0.462 e. The van der Waals surface area contributed by atoms with Crippen LogP contribution < -0.4 is 0 Å². The van der Waals surface area contributed by atoms with Crippen LogP contribution in [0.2, 0.25) is 0 Å². The van der Waals surface area contributed by atoms with E-state index in [2.05, 4.69) is 32.9 Å². The highest BCUT2D eigenvalue weighted by Gasteiger charge is 2.19. The molecule has 0 heterocycles. The van der Waals surface area contributed by atoms with Gasteiger partial charge in [-0.3, -0.25) is 14.4 Å². The highest BCUT2D eigenvalue weighted by Crippen LogP contribution is 2.17. The van der Waals surface area contributed by atoms with E-state index in [1.807, 2.05) is 0 Å². The minimum Gasteiger partial charge on any atom is -0.462 e. The predicted octanol–water partition coefficient (Wildman–Crippen LogP) is 18.2. The van der Waals surface area contributed by atoms with Gasteiger partial charge in [-0.25, -0.2) is 0 Å². The molecule has 0 aromatic carbocycles. The van der Waals surface area contributed by atoms with Gasteiger partial charge in [0.25, 0.3) is 0 Å². The molecular formula is C56H106O6. The molecule has 0 N–H and O–H groups in total. The van der Waals surface area contributed by atoms with Crippen LogP contribution in [0.15, 0.2) is 12.2 Å². The van der Waals surface area contributed by atoms with Crippen LogP contribution in [0.3, 0.4) is 0 Å². The fourth-order valence-corrected chi connectivity index (χ4v) is 8.32. The lowest BCUT2D eigenvalue weighted by Crippen LogP contribution is -2.30. The summed E-state index contributed by atoms with van der Waals surface area (Å²) in [5.41, 5.74) is 0. The van der Waals surface area contributed by atoms with Gasteiger partial charge in [-0.2, -0.15) is 0 Å². The Labute approximate surface area is 386 Å². The van der Waals surface area contributed by atoms with E-state index in [9.17, 15) is 14.4 Å². The third-order valence-electron chi connectivity index (χ3n) is 12.5. The van der Waals surface area contributed by atoms with Gasteiger partial charge in [0, 0.05) is 19.3 Å². The van der Waals surface area contributed by atoms with E-state index in [1.54, 1.807) is 0 Å². The first kappa shape index (κ1) is 60.2. The summed E-state index contributed by atoms with van der Waals surface area (Å²) >= 11 is 0. The van der Waals surface area contributed by atoms with Gasteiger partial charge in [-0.1, -0.05) is 258 Å². The van der Waals surface area contributed by atoms with Crippen molar-refractivity contribution in [1.82, 2.24) is 0 Å². The zero-order chi connectivity index (χ0) is 45.1. The highest BCUT2D eigenvalue weighted by atomic mass is 16.6. The normalized spacial score (nSPS) is 12.0. The summed E-state index contributed by atoms with van der Waals surface area (Å²) in [4.78, 5) is 38.0. The zero-order valence-electron chi connectivity index (χ0n) is 41.9. The van der Waals surface area contributed by atoms with Gasteiger partial charge in [-0.15, -0.1) is 0 Å².